The van der Waals surface area contributed by atoms with Crippen LogP contribution in [0.15, 0.2) is 12.3 Å². The molecule has 0 unspecified atom stereocenters. The summed E-state index contributed by atoms with van der Waals surface area (Å²) in [7, 11) is 3.20. The summed E-state index contributed by atoms with van der Waals surface area (Å²) >= 11 is 7.17. The highest BCUT2D eigenvalue weighted by atomic mass is 35.5. The summed E-state index contributed by atoms with van der Waals surface area (Å²) in [4.78, 5) is 23.4. The van der Waals surface area contributed by atoms with Gasteiger partial charge in [-0.25, -0.2) is 4.98 Å². The predicted octanol–water partition coefficient (Wildman–Crippen LogP) is 5.42. The summed E-state index contributed by atoms with van der Waals surface area (Å²) in [6, 6.07) is 2.43. The van der Waals surface area contributed by atoms with Crippen molar-refractivity contribution in [3.8, 4) is 0 Å². The molecule has 1 fully saturated rings. The van der Waals surface area contributed by atoms with Crippen LogP contribution in [0.5, 0.6) is 0 Å². The number of rotatable bonds is 10. The smallest absolute Gasteiger partial charge is 0.306 e. The van der Waals surface area contributed by atoms with Crippen molar-refractivity contribution in [2.45, 2.75) is 70.9 Å². The highest BCUT2D eigenvalue weighted by Gasteiger charge is 2.29. The lowest BCUT2D eigenvalue weighted by Crippen LogP contribution is -2.42. The van der Waals surface area contributed by atoms with Crippen molar-refractivity contribution in [3.05, 3.63) is 23.1 Å². The van der Waals surface area contributed by atoms with Crippen LogP contribution in [-0.2, 0) is 14.3 Å². The van der Waals surface area contributed by atoms with E-state index in [4.69, 9.17) is 26.1 Å². The Hall–Kier alpha value is -1.97. The van der Waals surface area contributed by atoms with Crippen LogP contribution in [-0.4, -0.2) is 53.2 Å². The zero-order chi connectivity index (χ0) is 24.0. The molecule has 2 heterocycles. The first-order valence-corrected chi connectivity index (χ1v) is 12.6. The summed E-state index contributed by atoms with van der Waals surface area (Å²) in [6.07, 6.45) is 6.68. The molecule has 2 aromatic rings. The lowest BCUT2D eigenvalue weighted by molar-refractivity contribution is -0.140. The molecule has 33 heavy (non-hydrogen) atoms. The van der Waals surface area contributed by atoms with Crippen molar-refractivity contribution in [3.63, 3.8) is 0 Å². The summed E-state index contributed by atoms with van der Waals surface area (Å²) in [5, 5.41) is 4.20. The number of hydrogen-bond donors (Lipinski definition) is 1. The van der Waals surface area contributed by atoms with E-state index < -0.39 is 0 Å². The van der Waals surface area contributed by atoms with Crippen LogP contribution in [0, 0.1) is 5.92 Å². The van der Waals surface area contributed by atoms with Crippen LogP contribution in [0.4, 0.5) is 16.6 Å². The number of carbonyl (C=O) groups is 1. The van der Waals surface area contributed by atoms with Gasteiger partial charge in [0, 0.05) is 37.4 Å². The molecule has 1 aliphatic rings. The molecule has 0 radical (unpaired) electrons. The third-order valence-electron chi connectivity index (χ3n) is 6.05. The average molecular weight is 496 g/mol. The molecule has 0 aliphatic heterocycles. The molecule has 3 rings (SSSR count). The maximum atomic E-state index is 11.8. The van der Waals surface area contributed by atoms with Gasteiger partial charge >= 0.3 is 5.97 Å². The Morgan fingerprint density at radius 2 is 2.00 bits per heavy atom. The van der Waals surface area contributed by atoms with Crippen molar-refractivity contribution >= 4 is 45.7 Å². The summed E-state index contributed by atoms with van der Waals surface area (Å²) in [6.45, 7) is 7.32. The van der Waals surface area contributed by atoms with E-state index in [1.54, 1.807) is 7.11 Å². The fourth-order valence-electron chi connectivity index (χ4n) is 4.28. The van der Waals surface area contributed by atoms with Crippen LogP contribution in [0.2, 0.25) is 5.28 Å². The van der Waals surface area contributed by atoms with Gasteiger partial charge in [0.15, 0.2) is 5.82 Å². The SMILES string of the molecule is COC(=O)C[C@@H](C)c1cnc(N(CC(C)C)C2CCC(OC)CC2)c(Nc2nc(Cl)ns2)c1. The first-order valence-electron chi connectivity index (χ1n) is 11.4. The number of anilines is 3. The van der Waals surface area contributed by atoms with Crippen molar-refractivity contribution in [1.29, 1.82) is 0 Å². The number of nitrogens with one attached hydrogen (secondary N) is 1. The molecule has 2 aromatic heterocycles. The number of ether oxygens (including phenoxy) is 2. The first-order chi connectivity index (χ1) is 15.8. The van der Waals surface area contributed by atoms with E-state index in [-0.39, 0.29) is 17.2 Å². The van der Waals surface area contributed by atoms with Crippen LogP contribution >= 0.6 is 23.1 Å². The van der Waals surface area contributed by atoms with E-state index in [1.807, 2.05) is 13.1 Å². The zero-order valence-electron chi connectivity index (χ0n) is 20.0. The monoisotopic (exact) mass is 495 g/mol. The molecule has 10 heteroatoms. The second-order valence-electron chi connectivity index (χ2n) is 9.03. The molecule has 0 bridgehead atoms. The van der Waals surface area contributed by atoms with E-state index >= 15 is 0 Å². The van der Waals surface area contributed by atoms with Crippen molar-refractivity contribution < 1.29 is 14.3 Å². The second-order valence-corrected chi connectivity index (χ2v) is 10.1. The highest BCUT2D eigenvalue weighted by Crippen LogP contribution is 2.36. The third-order valence-corrected chi connectivity index (χ3v) is 6.95. The van der Waals surface area contributed by atoms with Gasteiger partial charge in [0.1, 0.15) is 0 Å². The summed E-state index contributed by atoms with van der Waals surface area (Å²) in [5.74, 6) is 1.07. The number of carbonyl (C=O) groups excluding carboxylic acids is 1. The molecular formula is C23H34ClN5O3S. The Morgan fingerprint density at radius 3 is 2.58 bits per heavy atom. The van der Waals surface area contributed by atoms with Gasteiger partial charge in [-0.05, 0) is 60.7 Å². The van der Waals surface area contributed by atoms with Crippen LogP contribution in [0.3, 0.4) is 0 Å². The number of hydrogen-bond acceptors (Lipinski definition) is 9. The van der Waals surface area contributed by atoms with Gasteiger partial charge in [0.25, 0.3) is 0 Å². The molecule has 0 spiro atoms. The topological polar surface area (TPSA) is 89.5 Å². The molecule has 1 aliphatic carbocycles. The van der Waals surface area contributed by atoms with E-state index in [0.29, 0.717) is 29.6 Å². The first kappa shape index (κ1) is 25.6. The average Bonchev–Trinajstić information content (AvgIpc) is 3.21. The van der Waals surface area contributed by atoms with Gasteiger partial charge in [0.05, 0.1) is 25.3 Å². The molecule has 0 amide bonds. The number of esters is 1. The second kappa shape index (κ2) is 11.9. The van der Waals surface area contributed by atoms with E-state index in [1.165, 1.54) is 18.6 Å². The standard InChI is InChI=1S/C23H34ClN5O3S/c1-14(2)13-29(17-6-8-18(31-4)9-7-17)21-19(26-23-27-22(24)28-33-23)11-16(12-25-21)15(3)10-20(30)32-5/h11-12,14-15,17-18H,6-10,13H2,1-5H3,(H,26,27,28)/t15-,17?,18?/m1/s1. The van der Waals surface area contributed by atoms with Crippen molar-refractivity contribution in [1.82, 2.24) is 14.3 Å². The lowest BCUT2D eigenvalue weighted by Gasteiger charge is -2.39. The maximum absolute atomic E-state index is 11.8. The van der Waals surface area contributed by atoms with Crippen LogP contribution in [0.25, 0.3) is 0 Å². The van der Waals surface area contributed by atoms with Gasteiger partial charge in [0.2, 0.25) is 10.4 Å². The summed E-state index contributed by atoms with van der Waals surface area (Å²) in [5.41, 5.74) is 1.79. The Kier molecular flexibility index (Phi) is 9.28. The molecular weight excluding hydrogens is 462 g/mol. The molecule has 1 N–H and O–H groups in total. The molecule has 182 valence electrons. The maximum Gasteiger partial charge on any atom is 0.306 e. The van der Waals surface area contributed by atoms with E-state index in [0.717, 1.165) is 49.3 Å². The lowest BCUT2D eigenvalue weighted by atomic mass is 9.91. The fraction of sp³-hybridized carbons (Fsp3) is 0.652. The predicted molar refractivity (Wildman–Crippen MR) is 133 cm³/mol. The van der Waals surface area contributed by atoms with Gasteiger partial charge in [-0.2, -0.15) is 9.36 Å². The number of methoxy groups -OCH3 is 2. The van der Waals surface area contributed by atoms with Gasteiger partial charge in [-0.3, -0.25) is 4.79 Å². The van der Waals surface area contributed by atoms with Crippen molar-refractivity contribution in [2.75, 3.05) is 31.0 Å². The van der Waals surface area contributed by atoms with Crippen LogP contribution in [0.1, 0.15) is 64.4 Å². The third kappa shape index (κ3) is 7.01. The molecule has 0 saturated heterocycles. The largest absolute Gasteiger partial charge is 0.469 e. The molecule has 1 atom stereocenters. The van der Waals surface area contributed by atoms with E-state index in [2.05, 4.69) is 39.5 Å². The number of halogens is 1. The van der Waals surface area contributed by atoms with E-state index in [9.17, 15) is 4.79 Å². The fourth-order valence-corrected chi connectivity index (χ4v) is 5.00. The Morgan fingerprint density at radius 1 is 1.27 bits per heavy atom. The minimum atomic E-state index is -0.242. The Balaban J connectivity index is 1.96. The highest BCUT2D eigenvalue weighted by molar-refractivity contribution is 7.10. The van der Waals surface area contributed by atoms with Crippen molar-refractivity contribution in [2.24, 2.45) is 5.92 Å². The minimum absolute atomic E-state index is 0.0340. The number of pyridine rings is 1. The Bertz CT molecular complexity index is 917. The zero-order valence-corrected chi connectivity index (χ0v) is 21.6. The molecule has 8 nitrogen and oxygen atoms in total. The van der Waals surface area contributed by atoms with Gasteiger partial charge in [-0.15, -0.1) is 0 Å². The minimum Gasteiger partial charge on any atom is -0.469 e. The molecule has 1 saturated carbocycles. The van der Waals surface area contributed by atoms with Crippen LogP contribution < -0.4 is 10.2 Å². The Labute approximate surface area is 205 Å². The number of aromatic nitrogens is 3. The number of nitrogens with zero attached hydrogens (tertiary/aromatic N) is 4. The quantitative estimate of drug-likeness (QED) is 0.437. The summed E-state index contributed by atoms with van der Waals surface area (Å²) < 4.78 is 14.5. The van der Waals surface area contributed by atoms with Gasteiger partial charge in [-0.1, -0.05) is 20.8 Å². The normalized spacial score (nSPS) is 19.4. The van der Waals surface area contributed by atoms with Gasteiger partial charge < -0.3 is 19.7 Å². The molecule has 0 aromatic carbocycles.